The van der Waals surface area contributed by atoms with Crippen LogP contribution in [0, 0.1) is 13.8 Å². The lowest BCUT2D eigenvalue weighted by Crippen LogP contribution is -2.15. The first kappa shape index (κ1) is 12.0. The Morgan fingerprint density at radius 1 is 1.42 bits per heavy atom. The highest BCUT2D eigenvalue weighted by Crippen LogP contribution is 2.19. The minimum absolute atomic E-state index is 0.0109. The first-order valence-corrected chi connectivity index (χ1v) is 6.68. The molecule has 3 rings (SSSR count). The van der Waals surface area contributed by atoms with Crippen LogP contribution in [0.15, 0.2) is 27.4 Å². The van der Waals surface area contributed by atoms with Gasteiger partial charge in [-0.15, -0.1) is 0 Å². The number of thiazole rings is 1. The van der Waals surface area contributed by atoms with Crippen LogP contribution in [0.3, 0.4) is 0 Å². The maximum absolute atomic E-state index is 11.8. The minimum atomic E-state index is 0.0109. The Balaban J connectivity index is 2.03. The highest BCUT2D eigenvalue weighted by atomic mass is 32.1. The van der Waals surface area contributed by atoms with E-state index < -0.39 is 0 Å². The van der Waals surface area contributed by atoms with E-state index in [1.165, 1.54) is 11.3 Å². The summed E-state index contributed by atoms with van der Waals surface area (Å²) in [6, 6.07) is 5.33. The van der Waals surface area contributed by atoms with E-state index in [1.807, 2.05) is 19.9 Å². The molecule has 2 aromatic heterocycles. The number of hydrogen-bond donors (Lipinski definition) is 1. The second-order valence-electron chi connectivity index (χ2n) is 4.43. The first-order valence-electron chi connectivity index (χ1n) is 5.86. The third-order valence-electron chi connectivity index (χ3n) is 3.13. The van der Waals surface area contributed by atoms with Gasteiger partial charge in [-0.05, 0) is 26.0 Å². The Labute approximate surface area is 113 Å². The average molecular weight is 275 g/mol. The summed E-state index contributed by atoms with van der Waals surface area (Å²) in [6.07, 6.45) is 0. The Bertz CT molecular complexity index is 813. The number of rotatable bonds is 2. The average Bonchev–Trinajstić information content (AvgIpc) is 2.85. The number of aromatic nitrogens is 2. The van der Waals surface area contributed by atoms with Crippen LogP contribution in [0.5, 0.6) is 0 Å². The van der Waals surface area contributed by atoms with Crippen LogP contribution in [0.2, 0.25) is 0 Å². The molecular weight excluding hydrogens is 262 g/mol. The number of fused-ring (bicyclic) bond motifs is 1. The summed E-state index contributed by atoms with van der Waals surface area (Å²) in [4.78, 5) is 17.2. The highest BCUT2D eigenvalue weighted by Gasteiger charge is 2.12. The van der Waals surface area contributed by atoms with Crippen molar-refractivity contribution in [2.45, 2.75) is 20.4 Å². The number of hydrogen-bond acceptors (Lipinski definition) is 5. The molecule has 0 spiro atoms. The smallest absolute Gasteiger partial charge is 0.308 e. The van der Waals surface area contributed by atoms with Gasteiger partial charge in [0.05, 0.1) is 0 Å². The Morgan fingerprint density at radius 2 is 2.21 bits per heavy atom. The van der Waals surface area contributed by atoms with Crippen molar-refractivity contribution in [2.75, 3.05) is 5.73 Å². The van der Waals surface area contributed by atoms with Crippen molar-refractivity contribution in [1.82, 2.24) is 9.55 Å². The summed E-state index contributed by atoms with van der Waals surface area (Å²) < 4.78 is 7.30. The van der Waals surface area contributed by atoms with Crippen LogP contribution < -0.4 is 10.6 Å². The molecule has 5 nitrogen and oxygen atoms in total. The van der Waals surface area contributed by atoms with Crippen molar-refractivity contribution in [3.05, 3.63) is 44.3 Å². The predicted molar refractivity (Wildman–Crippen MR) is 75.6 cm³/mol. The van der Waals surface area contributed by atoms with Gasteiger partial charge >= 0.3 is 4.87 Å². The molecule has 1 aromatic carbocycles. The molecule has 0 radical (unpaired) electrons. The number of aryl methyl sites for hydroxylation is 1. The zero-order valence-corrected chi connectivity index (χ0v) is 11.5. The van der Waals surface area contributed by atoms with Gasteiger partial charge in [0.25, 0.3) is 0 Å². The van der Waals surface area contributed by atoms with Crippen molar-refractivity contribution < 1.29 is 4.42 Å². The molecule has 2 N–H and O–H groups in total. The van der Waals surface area contributed by atoms with Crippen molar-refractivity contribution in [3.63, 3.8) is 0 Å². The zero-order chi connectivity index (χ0) is 13.6. The molecule has 2 heterocycles. The fourth-order valence-electron chi connectivity index (χ4n) is 1.96. The zero-order valence-electron chi connectivity index (χ0n) is 10.6. The van der Waals surface area contributed by atoms with Crippen molar-refractivity contribution in [2.24, 2.45) is 0 Å². The summed E-state index contributed by atoms with van der Waals surface area (Å²) in [5.74, 6) is 0.517. The van der Waals surface area contributed by atoms with E-state index >= 15 is 0 Å². The third-order valence-corrected chi connectivity index (χ3v) is 4.12. The van der Waals surface area contributed by atoms with Crippen LogP contribution >= 0.6 is 11.3 Å². The monoisotopic (exact) mass is 275 g/mol. The molecule has 0 unspecified atom stereocenters. The summed E-state index contributed by atoms with van der Waals surface area (Å²) in [7, 11) is 0. The lowest BCUT2D eigenvalue weighted by molar-refractivity contribution is 0.503. The molecule has 0 atom stereocenters. The molecule has 19 heavy (non-hydrogen) atoms. The fourth-order valence-corrected chi connectivity index (χ4v) is 2.79. The second kappa shape index (κ2) is 4.24. The predicted octanol–water partition coefficient (Wildman–Crippen LogP) is 2.30. The molecule has 0 aliphatic heterocycles. The van der Waals surface area contributed by atoms with Gasteiger partial charge in [0.15, 0.2) is 5.58 Å². The van der Waals surface area contributed by atoms with Gasteiger partial charge in [-0.1, -0.05) is 11.3 Å². The van der Waals surface area contributed by atoms with Crippen LogP contribution in [-0.2, 0) is 6.54 Å². The molecule has 0 bridgehead atoms. The van der Waals surface area contributed by atoms with E-state index in [0.717, 1.165) is 16.1 Å². The van der Waals surface area contributed by atoms with Crippen LogP contribution in [0.25, 0.3) is 11.1 Å². The van der Waals surface area contributed by atoms with Crippen molar-refractivity contribution >= 4 is 28.1 Å². The van der Waals surface area contributed by atoms with Crippen molar-refractivity contribution in [1.29, 1.82) is 0 Å². The van der Waals surface area contributed by atoms with E-state index in [2.05, 4.69) is 4.98 Å². The lowest BCUT2D eigenvalue weighted by atomic mass is 10.3. The summed E-state index contributed by atoms with van der Waals surface area (Å²) in [6.45, 7) is 4.21. The lowest BCUT2D eigenvalue weighted by Gasteiger charge is -2.00. The Kier molecular flexibility index (Phi) is 2.67. The van der Waals surface area contributed by atoms with Gasteiger partial charge in [0, 0.05) is 22.3 Å². The van der Waals surface area contributed by atoms with E-state index in [4.69, 9.17) is 10.2 Å². The summed E-state index contributed by atoms with van der Waals surface area (Å²) in [5.41, 5.74) is 8.68. The van der Waals surface area contributed by atoms with Gasteiger partial charge in [0.1, 0.15) is 12.1 Å². The van der Waals surface area contributed by atoms with Gasteiger partial charge < -0.3 is 10.2 Å². The molecule has 0 saturated carbocycles. The van der Waals surface area contributed by atoms with E-state index in [0.29, 0.717) is 23.7 Å². The number of nitrogens with two attached hydrogens (primary N) is 1. The second-order valence-corrected chi connectivity index (χ2v) is 5.60. The topological polar surface area (TPSA) is 74.0 Å². The summed E-state index contributed by atoms with van der Waals surface area (Å²) >= 11 is 1.24. The number of anilines is 1. The largest absolute Gasteiger partial charge is 0.439 e. The highest BCUT2D eigenvalue weighted by molar-refractivity contribution is 7.09. The van der Waals surface area contributed by atoms with Gasteiger partial charge in [-0.2, -0.15) is 0 Å². The van der Waals surface area contributed by atoms with Crippen LogP contribution in [0.1, 0.15) is 16.5 Å². The van der Waals surface area contributed by atoms with Crippen LogP contribution in [0.4, 0.5) is 5.69 Å². The molecule has 0 saturated heterocycles. The van der Waals surface area contributed by atoms with Gasteiger partial charge in [-0.25, -0.2) is 4.98 Å². The van der Waals surface area contributed by atoms with E-state index in [9.17, 15) is 4.79 Å². The number of nitrogen functional groups attached to an aromatic ring is 1. The molecule has 0 aliphatic rings. The molecular formula is C13H13N3O2S. The standard InChI is InChI=1S/C13H13N3O2S/c1-7-8(2)19-13(17)16(7)6-12-15-10-4-3-9(14)5-11(10)18-12/h3-5H,6,14H2,1-2H3. The molecule has 98 valence electrons. The number of benzene rings is 1. The van der Waals surface area contributed by atoms with Gasteiger partial charge in [-0.3, -0.25) is 9.36 Å². The maximum atomic E-state index is 11.8. The van der Waals surface area contributed by atoms with Crippen molar-refractivity contribution in [3.8, 4) is 0 Å². The molecule has 0 fully saturated rings. The summed E-state index contributed by atoms with van der Waals surface area (Å²) in [5, 5.41) is 0. The first-order chi connectivity index (χ1) is 9.04. The Morgan fingerprint density at radius 3 is 2.89 bits per heavy atom. The maximum Gasteiger partial charge on any atom is 0.308 e. The SMILES string of the molecule is Cc1sc(=O)n(Cc2nc3ccc(N)cc3o2)c1C. The number of nitrogens with zero attached hydrogens (tertiary/aromatic N) is 2. The molecule has 3 aromatic rings. The Hall–Kier alpha value is -2.08. The molecule has 6 heteroatoms. The molecule has 0 amide bonds. The normalized spacial score (nSPS) is 11.3. The van der Waals surface area contributed by atoms with E-state index in [-0.39, 0.29) is 4.87 Å². The van der Waals surface area contributed by atoms with E-state index in [1.54, 1.807) is 16.7 Å². The fraction of sp³-hybridized carbons (Fsp3) is 0.231. The van der Waals surface area contributed by atoms with Gasteiger partial charge in [0.2, 0.25) is 5.89 Å². The quantitative estimate of drug-likeness (QED) is 0.728. The molecule has 0 aliphatic carbocycles. The number of oxazole rings is 1. The minimum Gasteiger partial charge on any atom is -0.439 e. The van der Waals surface area contributed by atoms with Crippen LogP contribution in [-0.4, -0.2) is 9.55 Å². The third kappa shape index (κ3) is 2.04.